The van der Waals surface area contributed by atoms with Crippen molar-refractivity contribution in [1.82, 2.24) is 5.32 Å². The second kappa shape index (κ2) is 5.30. The zero-order chi connectivity index (χ0) is 8.85. The molecule has 0 radical (unpaired) electrons. The normalized spacial score (nSPS) is 29.1. The zero-order valence-corrected chi connectivity index (χ0v) is 7.98. The standard InChI is InChI=1S/C7H13NO.C2H6/c1-5-3-4-8-7(5)6(2)9;1-2/h5,7-8H,3-4H2,1-2H3;1-2H3/t5-,7?;/m1./s1. The Morgan fingerprint density at radius 3 is 2.18 bits per heavy atom. The predicted molar refractivity (Wildman–Crippen MR) is 47.6 cm³/mol. The molecule has 0 aromatic rings. The van der Waals surface area contributed by atoms with E-state index in [1.807, 2.05) is 13.8 Å². The first-order chi connectivity index (χ1) is 5.22. The van der Waals surface area contributed by atoms with E-state index in [9.17, 15) is 4.79 Å². The largest absolute Gasteiger partial charge is 0.307 e. The molecule has 1 aliphatic rings. The Morgan fingerprint density at radius 2 is 2.00 bits per heavy atom. The minimum atomic E-state index is 0.144. The van der Waals surface area contributed by atoms with Crippen LogP contribution in [0.5, 0.6) is 0 Å². The predicted octanol–water partition coefficient (Wildman–Crippen LogP) is 1.60. The van der Waals surface area contributed by atoms with Crippen molar-refractivity contribution in [2.45, 2.75) is 40.2 Å². The highest BCUT2D eigenvalue weighted by Crippen LogP contribution is 2.14. The van der Waals surface area contributed by atoms with Gasteiger partial charge in [0.15, 0.2) is 0 Å². The third-order valence-electron chi connectivity index (χ3n) is 1.97. The van der Waals surface area contributed by atoms with Gasteiger partial charge in [0.1, 0.15) is 5.78 Å². The van der Waals surface area contributed by atoms with E-state index in [1.165, 1.54) is 0 Å². The van der Waals surface area contributed by atoms with Gasteiger partial charge in [-0.2, -0.15) is 0 Å². The smallest absolute Gasteiger partial charge is 0.146 e. The number of carbonyl (C=O) groups is 1. The molecule has 11 heavy (non-hydrogen) atoms. The first kappa shape index (κ1) is 10.6. The minimum Gasteiger partial charge on any atom is -0.307 e. The molecule has 2 heteroatoms. The highest BCUT2D eigenvalue weighted by Gasteiger charge is 2.25. The summed E-state index contributed by atoms with van der Waals surface area (Å²) in [5, 5.41) is 3.16. The lowest BCUT2D eigenvalue weighted by molar-refractivity contribution is -0.119. The van der Waals surface area contributed by atoms with E-state index < -0.39 is 0 Å². The Balaban J connectivity index is 0.000000461. The molecule has 0 amide bonds. The molecule has 1 unspecified atom stereocenters. The second-order valence-electron chi connectivity index (χ2n) is 2.81. The maximum atomic E-state index is 10.8. The molecule has 1 aliphatic heterocycles. The second-order valence-corrected chi connectivity index (χ2v) is 2.81. The van der Waals surface area contributed by atoms with E-state index in [2.05, 4.69) is 12.2 Å². The SMILES string of the molecule is CC.CC(=O)C1NCC[C@H]1C. The molecule has 0 bridgehead atoms. The summed E-state index contributed by atoms with van der Waals surface area (Å²) >= 11 is 0. The molecule has 0 aliphatic carbocycles. The van der Waals surface area contributed by atoms with Crippen LogP contribution in [0.4, 0.5) is 0 Å². The van der Waals surface area contributed by atoms with Crippen molar-refractivity contribution in [1.29, 1.82) is 0 Å². The van der Waals surface area contributed by atoms with Gasteiger partial charge < -0.3 is 5.32 Å². The summed E-state index contributed by atoms with van der Waals surface area (Å²) in [6.07, 6.45) is 1.14. The van der Waals surface area contributed by atoms with Gasteiger partial charge in [0, 0.05) is 0 Å². The molecule has 0 saturated carbocycles. The fourth-order valence-corrected chi connectivity index (χ4v) is 1.38. The van der Waals surface area contributed by atoms with Gasteiger partial charge in [-0.05, 0) is 25.8 Å². The summed E-state index contributed by atoms with van der Waals surface area (Å²) in [4.78, 5) is 10.8. The summed E-state index contributed by atoms with van der Waals surface area (Å²) < 4.78 is 0. The lowest BCUT2D eigenvalue weighted by Crippen LogP contribution is -2.32. The summed E-state index contributed by atoms with van der Waals surface area (Å²) in [7, 11) is 0. The van der Waals surface area contributed by atoms with Crippen LogP contribution in [0.15, 0.2) is 0 Å². The molecule has 0 spiro atoms. The van der Waals surface area contributed by atoms with Crippen LogP contribution in [0, 0.1) is 5.92 Å². The van der Waals surface area contributed by atoms with Gasteiger partial charge in [-0.25, -0.2) is 0 Å². The monoisotopic (exact) mass is 157 g/mol. The fraction of sp³-hybridized carbons (Fsp3) is 0.889. The van der Waals surface area contributed by atoms with Crippen LogP contribution in [0.1, 0.15) is 34.1 Å². The number of hydrogen-bond donors (Lipinski definition) is 1. The van der Waals surface area contributed by atoms with Crippen molar-refractivity contribution in [3.05, 3.63) is 0 Å². The molecular formula is C9H19NO. The quantitative estimate of drug-likeness (QED) is 0.626. The van der Waals surface area contributed by atoms with Crippen molar-refractivity contribution in [3.63, 3.8) is 0 Å². The highest BCUT2D eigenvalue weighted by molar-refractivity contribution is 5.82. The average molecular weight is 157 g/mol. The van der Waals surface area contributed by atoms with Crippen LogP contribution in [0.25, 0.3) is 0 Å². The summed E-state index contributed by atoms with van der Waals surface area (Å²) in [6.45, 7) is 8.77. The molecule has 1 N–H and O–H groups in total. The Labute approximate surface area is 69.4 Å². The average Bonchev–Trinajstić information content (AvgIpc) is 2.39. The number of nitrogens with one attached hydrogen (secondary N) is 1. The molecule has 1 fully saturated rings. The number of hydrogen-bond acceptors (Lipinski definition) is 2. The van der Waals surface area contributed by atoms with Gasteiger partial charge in [-0.1, -0.05) is 20.8 Å². The number of rotatable bonds is 1. The summed E-state index contributed by atoms with van der Waals surface area (Å²) in [6, 6.07) is 0.144. The number of Topliss-reactive ketones (excluding diaryl/α,β-unsaturated/α-hetero) is 1. The number of ketones is 1. The van der Waals surface area contributed by atoms with Crippen LogP contribution in [0.3, 0.4) is 0 Å². The molecule has 0 aromatic heterocycles. The van der Waals surface area contributed by atoms with Gasteiger partial charge in [-0.15, -0.1) is 0 Å². The maximum absolute atomic E-state index is 10.8. The van der Waals surface area contributed by atoms with Crippen LogP contribution in [-0.4, -0.2) is 18.4 Å². The molecule has 1 rings (SSSR count). The van der Waals surface area contributed by atoms with Gasteiger partial charge in [0.25, 0.3) is 0 Å². The highest BCUT2D eigenvalue weighted by atomic mass is 16.1. The minimum absolute atomic E-state index is 0.144. The van der Waals surface area contributed by atoms with Crippen molar-refractivity contribution in [3.8, 4) is 0 Å². The molecule has 2 nitrogen and oxygen atoms in total. The van der Waals surface area contributed by atoms with Crippen LogP contribution in [0.2, 0.25) is 0 Å². The first-order valence-corrected chi connectivity index (χ1v) is 4.45. The lowest BCUT2D eigenvalue weighted by atomic mass is 10.0. The lowest BCUT2D eigenvalue weighted by Gasteiger charge is -2.09. The Bertz CT molecular complexity index is 123. The van der Waals surface area contributed by atoms with Crippen molar-refractivity contribution < 1.29 is 4.79 Å². The number of carbonyl (C=O) groups excluding carboxylic acids is 1. The van der Waals surface area contributed by atoms with Gasteiger partial charge in [0.05, 0.1) is 6.04 Å². The summed E-state index contributed by atoms with van der Waals surface area (Å²) in [5.41, 5.74) is 0. The maximum Gasteiger partial charge on any atom is 0.146 e. The molecule has 2 atom stereocenters. The van der Waals surface area contributed by atoms with Crippen LogP contribution < -0.4 is 5.32 Å². The van der Waals surface area contributed by atoms with Crippen molar-refractivity contribution in [2.75, 3.05) is 6.54 Å². The molecule has 0 aromatic carbocycles. The Kier molecular flexibility index (Phi) is 5.12. The molecule has 66 valence electrons. The fourth-order valence-electron chi connectivity index (χ4n) is 1.38. The topological polar surface area (TPSA) is 29.1 Å². The first-order valence-electron chi connectivity index (χ1n) is 4.45. The molecule has 1 heterocycles. The van der Waals surface area contributed by atoms with Crippen LogP contribution in [-0.2, 0) is 4.79 Å². The Morgan fingerprint density at radius 1 is 1.45 bits per heavy atom. The Hall–Kier alpha value is -0.370. The zero-order valence-electron chi connectivity index (χ0n) is 7.98. The summed E-state index contributed by atoms with van der Waals surface area (Å²) in [5.74, 6) is 0.822. The van der Waals surface area contributed by atoms with E-state index in [4.69, 9.17) is 0 Å². The third-order valence-corrected chi connectivity index (χ3v) is 1.97. The van der Waals surface area contributed by atoms with E-state index in [1.54, 1.807) is 6.92 Å². The molecular weight excluding hydrogens is 138 g/mol. The van der Waals surface area contributed by atoms with E-state index in [-0.39, 0.29) is 11.8 Å². The van der Waals surface area contributed by atoms with Crippen molar-refractivity contribution >= 4 is 5.78 Å². The van der Waals surface area contributed by atoms with Gasteiger partial charge in [0.2, 0.25) is 0 Å². The van der Waals surface area contributed by atoms with Gasteiger partial charge in [-0.3, -0.25) is 4.79 Å². The third kappa shape index (κ3) is 3.02. The van der Waals surface area contributed by atoms with E-state index >= 15 is 0 Å². The van der Waals surface area contributed by atoms with Crippen LogP contribution >= 0.6 is 0 Å². The van der Waals surface area contributed by atoms with Gasteiger partial charge >= 0.3 is 0 Å². The van der Waals surface area contributed by atoms with E-state index in [0.29, 0.717) is 5.92 Å². The van der Waals surface area contributed by atoms with Crippen molar-refractivity contribution in [2.24, 2.45) is 5.92 Å². The molecule has 1 saturated heterocycles. The van der Waals surface area contributed by atoms with E-state index in [0.717, 1.165) is 13.0 Å².